The molecule has 10 heteroatoms. The summed E-state index contributed by atoms with van der Waals surface area (Å²) in [6.45, 7) is 0.931. The van der Waals surface area contributed by atoms with Gasteiger partial charge in [-0.2, -0.15) is 4.31 Å². The quantitative estimate of drug-likeness (QED) is 0.808. The van der Waals surface area contributed by atoms with Gasteiger partial charge in [0.05, 0.1) is 20.5 Å². The van der Waals surface area contributed by atoms with E-state index in [1.54, 1.807) is 0 Å². The second-order valence-electron chi connectivity index (χ2n) is 5.81. The lowest BCUT2D eigenvalue weighted by Crippen LogP contribution is -2.27. The highest BCUT2D eigenvalue weighted by Crippen LogP contribution is 2.26. The van der Waals surface area contributed by atoms with Crippen LogP contribution in [0.4, 0.5) is 10.1 Å². The maximum Gasteiger partial charge on any atom is 0.261 e. The molecule has 1 aliphatic rings. The van der Waals surface area contributed by atoms with E-state index in [0.29, 0.717) is 13.1 Å². The van der Waals surface area contributed by atoms with E-state index in [-0.39, 0.29) is 20.5 Å². The van der Waals surface area contributed by atoms with E-state index in [1.165, 1.54) is 34.6 Å². The molecule has 26 heavy (non-hydrogen) atoms. The van der Waals surface area contributed by atoms with Crippen molar-refractivity contribution in [1.82, 2.24) is 4.31 Å². The molecule has 0 amide bonds. The minimum atomic E-state index is -4.00. The van der Waals surface area contributed by atoms with Crippen molar-refractivity contribution >= 4 is 37.3 Å². The van der Waals surface area contributed by atoms with Crippen LogP contribution in [-0.4, -0.2) is 34.2 Å². The molecule has 1 aliphatic heterocycles. The average molecular weight is 419 g/mol. The molecule has 1 heterocycles. The number of hydrogen-bond acceptors (Lipinski definition) is 4. The lowest BCUT2D eigenvalue weighted by atomic mass is 10.3. The van der Waals surface area contributed by atoms with Crippen LogP contribution in [0, 0.1) is 5.82 Å². The van der Waals surface area contributed by atoms with Gasteiger partial charge in [-0.3, -0.25) is 4.72 Å². The standard InChI is InChI=1S/C16H16ClFN2O4S2/c17-15-11-12(18)3-8-16(15)19-25(21,22)13-4-6-14(7-5-13)26(23,24)20-9-1-2-10-20/h3-8,11,19H,1-2,9-10H2. The summed E-state index contributed by atoms with van der Waals surface area (Å²) in [5, 5.41) is -0.0817. The largest absolute Gasteiger partial charge is 0.278 e. The molecule has 0 radical (unpaired) electrons. The zero-order valence-corrected chi connectivity index (χ0v) is 15.9. The fourth-order valence-electron chi connectivity index (χ4n) is 2.64. The maximum atomic E-state index is 13.1. The number of nitrogens with one attached hydrogen (secondary N) is 1. The van der Waals surface area contributed by atoms with Crippen molar-refractivity contribution in [2.24, 2.45) is 0 Å². The van der Waals surface area contributed by atoms with Crippen LogP contribution in [-0.2, 0) is 20.0 Å². The van der Waals surface area contributed by atoms with E-state index in [4.69, 9.17) is 11.6 Å². The minimum Gasteiger partial charge on any atom is -0.278 e. The van der Waals surface area contributed by atoms with E-state index < -0.39 is 25.9 Å². The van der Waals surface area contributed by atoms with Gasteiger partial charge in [0.2, 0.25) is 10.0 Å². The number of nitrogens with zero attached hydrogens (tertiary/aromatic N) is 1. The molecule has 0 aliphatic carbocycles. The van der Waals surface area contributed by atoms with Gasteiger partial charge in [-0.05, 0) is 55.3 Å². The van der Waals surface area contributed by atoms with Crippen molar-refractivity contribution in [3.63, 3.8) is 0 Å². The second kappa shape index (κ2) is 7.15. The second-order valence-corrected chi connectivity index (χ2v) is 9.84. The molecule has 0 atom stereocenters. The Labute approximate surface area is 156 Å². The number of sulfonamides is 2. The molecule has 2 aromatic rings. The Morgan fingerprint density at radius 2 is 1.50 bits per heavy atom. The molecular formula is C16H16ClFN2O4S2. The normalized spacial score (nSPS) is 15.9. The van der Waals surface area contributed by atoms with Crippen molar-refractivity contribution in [2.75, 3.05) is 17.8 Å². The van der Waals surface area contributed by atoms with Gasteiger partial charge in [-0.1, -0.05) is 11.6 Å². The Morgan fingerprint density at radius 1 is 0.923 bits per heavy atom. The molecule has 6 nitrogen and oxygen atoms in total. The highest BCUT2D eigenvalue weighted by atomic mass is 35.5. The van der Waals surface area contributed by atoms with Crippen molar-refractivity contribution in [2.45, 2.75) is 22.6 Å². The third-order valence-corrected chi connectivity index (χ3v) is 7.62. The summed E-state index contributed by atoms with van der Waals surface area (Å²) in [4.78, 5) is -0.0866. The molecule has 0 aromatic heterocycles. The van der Waals surface area contributed by atoms with Crippen molar-refractivity contribution in [3.05, 3.63) is 53.3 Å². The van der Waals surface area contributed by atoms with Crippen LogP contribution < -0.4 is 4.72 Å². The molecule has 1 N–H and O–H groups in total. The van der Waals surface area contributed by atoms with E-state index in [0.717, 1.165) is 25.0 Å². The SMILES string of the molecule is O=S(=O)(Nc1ccc(F)cc1Cl)c1ccc(S(=O)(=O)N2CCCC2)cc1. The van der Waals surface area contributed by atoms with Gasteiger partial charge >= 0.3 is 0 Å². The Bertz CT molecular complexity index is 1020. The fraction of sp³-hybridized carbons (Fsp3) is 0.250. The Hall–Kier alpha value is -1.68. The predicted molar refractivity (Wildman–Crippen MR) is 96.7 cm³/mol. The molecule has 0 saturated carbocycles. The summed E-state index contributed by atoms with van der Waals surface area (Å²) in [7, 11) is -7.61. The van der Waals surface area contributed by atoms with Gasteiger partial charge in [0.25, 0.3) is 10.0 Å². The number of anilines is 1. The Kier molecular flexibility index (Phi) is 5.25. The van der Waals surface area contributed by atoms with Crippen molar-refractivity contribution in [3.8, 4) is 0 Å². The number of hydrogen-bond donors (Lipinski definition) is 1. The molecule has 1 fully saturated rings. The van der Waals surface area contributed by atoms with Crippen LogP contribution in [0.25, 0.3) is 0 Å². The molecule has 0 unspecified atom stereocenters. The summed E-state index contributed by atoms with van der Waals surface area (Å²) in [5.41, 5.74) is 0.0295. The number of halogens is 2. The molecule has 1 saturated heterocycles. The molecular weight excluding hydrogens is 403 g/mol. The van der Waals surface area contributed by atoms with Gasteiger partial charge < -0.3 is 0 Å². The first kappa shape index (κ1) is 19.1. The molecule has 140 valence electrons. The van der Waals surface area contributed by atoms with Crippen LogP contribution >= 0.6 is 11.6 Å². The van der Waals surface area contributed by atoms with Gasteiger partial charge in [-0.15, -0.1) is 0 Å². The molecule has 0 bridgehead atoms. The smallest absolute Gasteiger partial charge is 0.261 e. The van der Waals surface area contributed by atoms with Crippen LogP contribution in [0.1, 0.15) is 12.8 Å². The topological polar surface area (TPSA) is 83.5 Å². The first-order valence-electron chi connectivity index (χ1n) is 7.78. The number of benzene rings is 2. The highest BCUT2D eigenvalue weighted by molar-refractivity contribution is 7.92. The van der Waals surface area contributed by atoms with E-state index in [2.05, 4.69) is 4.72 Å². The average Bonchev–Trinajstić information content (AvgIpc) is 3.13. The van der Waals surface area contributed by atoms with Crippen LogP contribution in [0.5, 0.6) is 0 Å². The van der Waals surface area contributed by atoms with E-state index >= 15 is 0 Å². The summed E-state index contributed by atoms with van der Waals surface area (Å²) < 4.78 is 66.5. The third kappa shape index (κ3) is 3.85. The fourth-order valence-corrected chi connectivity index (χ4v) is 5.51. The van der Waals surface area contributed by atoms with Crippen LogP contribution in [0.2, 0.25) is 5.02 Å². The summed E-state index contributed by atoms with van der Waals surface area (Å²) in [5.74, 6) is -0.588. The zero-order valence-electron chi connectivity index (χ0n) is 13.5. The van der Waals surface area contributed by atoms with E-state index in [9.17, 15) is 21.2 Å². The zero-order chi connectivity index (χ0) is 18.9. The van der Waals surface area contributed by atoms with Gasteiger partial charge in [0.15, 0.2) is 0 Å². The van der Waals surface area contributed by atoms with Crippen LogP contribution in [0.15, 0.2) is 52.3 Å². The number of rotatable bonds is 5. The van der Waals surface area contributed by atoms with Gasteiger partial charge in [0, 0.05) is 13.1 Å². The van der Waals surface area contributed by atoms with Gasteiger partial charge in [-0.25, -0.2) is 21.2 Å². The van der Waals surface area contributed by atoms with E-state index in [1.807, 2.05) is 0 Å². The monoisotopic (exact) mass is 418 g/mol. The molecule has 0 spiro atoms. The van der Waals surface area contributed by atoms with Gasteiger partial charge in [0.1, 0.15) is 5.82 Å². The maximum absolute atomic E-state index is 13.1. The van der Waals surface area contributed by atoms with Crippen LogP contribution in [0.3, 0.4) is 0 Å². The first-order valence-corrected chi connectivity index (χ1v) is 11.1. The Balaban J connectivity index is 1.85. The highest BCUT2D eigenvalue weighted by Gasteiger charge is 2.27. The summed E-state index contributed by atoms with van der Waals surface area (Å²) in [6, 6.07) is 8.22. The predicted octanol–water partition coefficient (Wildman–Crippen LogP) is 3.06. The lowest BCUT2D eigenvalue weighted by molar-refractivity contribution is 0.477. The Morgan fingerprint density at radius 3 is 2.08 bits per heavy atom. The molecule has 2 aromatic carbocycles. The van der Waals surface area contributed by atoms with Crippen molar-refractivity contribution < 1.29 is 21.2 Å². The third-order valence-electron chi connectivity index (χ3n) is 4.01. The molecule has 3 rings (SSSR count). The van der Waals surface area contributed by atoms with Crippen molar-refractivity contribution in [1.29, 1.82) is 0 Å². The minimum absolute atomic E-state index is 0.0295. The summed E-state index contributed by atoms with van der Waals surface area (Å²) in [6.07, 6.45) is 1.63. The first-order chi connectivity index (χ1) is 12.2. The summed E-state index contributed by atoms with van der Waals surface area (Å²) >= 11 is 5.83. The lowest BCUT2D eigenvalue weighted by Gasteiger charge is -2.16.